The van der Waals surface area contributed by atoms with Gasteiger partial charge in [-0.2, -0.15) is 0 Å². The molecule has 1 atom stereocenters. The van der Waals surface area contributed by atoms with Crippen molar-refractivity contribution in [1.82, 2.24) is 4.90 Å². The molecule has 1 aliphatic rings. The molecule has 6 nitrogen and oxygen atoms in total. The summed E-state index contributed by atoms with van der Waals surface area (Å²) in [6.45, 7) is 2.08. The number of methoxy groups -OCH3 is 1. The lowest BCUT2D eigenvalue weighted by molar-refractivity contribution is -0.152. The van der Waals surface area contributed by atoms with Crippen molar-refractivity contribution in [3.8, 4) is 0 Å². The molecule has 0 spiro atoms. The zero-order chi connectivity index (χ0) is 11.3. The van der Waals surface area contributed by atoms with Crippen molar-refractivity contribution in [2.45, 2.75) is 12.5 Å². The van der Waals surface area contributed by atoms with Gasteiger partial charge in [-0.25, -0.2) is 0 Å². The number of carbonyl (C=O) groups is 2. The van der Waals surface area contributed by atoms with Crippen molar-refractivity contribution in [3.05, 3.63) is 0 Å². The molecule has 1 saturated heterocycles. The summed E-state index contributed by atoms with van der Waals surface area (Å²) in [7, 11) is 1.25. The van der Waals surface area contributed by atoms with Gasteiger partial charge >= 0.3 is 11.9 Å². The van der Waals surface area contributed by atoms with Gasteiger partial charge in [0.15, 0.2) is 0 Å². The zero-order valence-electron chi connectivity index (χ0n) is 8.64. The Hall–Kier alpha value is -1.14. The van der Waals surface area contributed by atoms with Gasteiger partial charge in [0.25, 0.3) is 0 Å². The number of esters is 1. The molecule has 0 aromatic carbocycles. The number of nitrogens with zero attached hydrogens (tertiary/aromatic N) is 1. The van der Waals surface area contributed by atoms with E-state index in [4.69, 9.17) is 9.84 Å². The van der Waals surface area contributed by atoms with E-state index in [-0.39, 0.29) is 6.42 Å². The van der Waals surface area contributed by atoms with Crippen molar-refractivity contribution >= 4 is 11.9 Å². The normalized spacial score (nSPS) is 19.5. The predicted molar refractivity (Wildman–Crippen MR) is 50.4 cm³/mol. The summed E-state index contributed by atoms with van der Waals surface area (Å²) in [5, 5.41) is 8.98. The van der Waals surface area contributed by atoms with E-state index in [1.165, 1.54) is 7.11 Å². The van der Waals surface area contributed by atoms with E-state index in [0.29, 0.717) is 26.3 Å². The molecular weight excluding hydrogens is 202 g/mol. The maximum atomic E-state index is 11.0. The highest BCUT2D eigenvalue weighted by molar-refractivity contribution is 5.81. The second kappa shape index (κ2) is 5.67. The fourth-order valence-corrected chi connectivity index (χ4v) is 1.50. The van der Waals surface area contributed by atoms with Crippen molar-refractivity contribution < 1.29 is 24.2 Å². The predicted octanol–water partition coefficient (Wildman–Crippen LogP) is -0.665. The Morgan fingerprint density at radius 1 is 1.47 bits per heavy atom. The van der Waals surface area contributed by atoms with Gasteiger partial charge in [0.1, 0.15) is 6.04 Å². The maximum absolute atomic E-state index is 11.0. The first kappa shape index (κ1) is 11.9. The van der Waals surface area contributed by atoms with E-state index in [9.17, 15) is 9.59 Å². The molecule has 0 aromatic rings. The fourth-order valence-electron chi connectivity index (χ4n) is 1.50. The number of rotatable bonds is 4. The van der Waals surface area contributed by atoms with Gasteiger partial charge in [-0.3, -0.25) is 14.5 Å². The summed E-state index contributed by atoms with van der Waals surface area (Å²) in [4.78, 5) is 23.7. The van der Waals surface area contributed by atoms with Crippen molar-refractivity contribution in [2.24, 2.45) is 0 Å². The van der Waals surface area contributed by atoms with Crippen molar-refractivity contribution in [2.75, 3.05) is 33.4 Å². The third-order valence-electron chi connectivity index (χ3n) is 2.36. The topological polar surface area (TPSA) is 76.1 Å². The minimum Gasteiger partial charge on any atom is -0.480 e. The fraction of sp³-hybridized carbons (Fsp3) is 0.778. The van der Waals surface area contributed by atoms with Gasteiger partial charge < -0.3 is 14.6 Å². The molecule has 0 amide bonds. The van der Waals surface area contributed by atoms with Gasteiger partial charge in [-0.15, -0.1) is 0 Å². The number of ether oxygens (including phenoxy) is 2. The molecule has 0 saturated carbocycles. The maximum Gasteiger partial charge on any atom is 0.321 e. The molecule has 0 aromatic heterocycles. The molecule has 15 heavy (non-hydrogen) atoms. The molecule has 1 aliphatic heterocycles. The van der Waals surface area contributed by atoms with Crippen LogP contribution in [-0.4, -0.2) is 61.4 Å². The van der Waals surface area contributed by atoms with Crippen LogP contribution < -0.4 is 0 Å². The van der Waals surface area contributed by atoms with Crippen molar-refractivity contribution in [1.29, 1.82) is 0 Å². The van der Waals surface area contributed by atoms with Crippen LogP contribution in [0.15, 0.2) is 0 Å². The van der Waals surface area contributed by atoms with Crippen LogP contribution in [0.25, 0.3) is 0 Å². The van der Waals surface area contributed by atoms with E-state index in [1.807, 2.05) is 0 Å². The number of carboxylic acid groups (broad SMARTS) is 1. The van der Waals surface area contributed by atoms with E-state index >= 15 is 0 Å². The van der Waals surface area contributed by atoms with Gasteiger partial charge in [-0.1, -0.05) is 0 Å². The van der Waals surface area contributed by atoms with Crippen LogP contribution in [-0.2, 0) is 19.1 Å². The Labute approximate surface area is 87.8 Å². The van der Waals surface area contributed by atoms with Gasteiger partial charge in [0, 0.05) is 13.1 Å². The quantitative estimate of drug-likeness (QED) is 0.630. The summed E-state index contributed by atoms with van der Waals surface area (Å²) in [5.74, 6) is -1.50. The van der Waals surface area contributed by atoms with Crippen LogP contribution in [0, 0.1) is 0 Å². The Morgan fingerprint density at radius 3 is 2.53 bits per heavy atom. The summed E-state index contributed by atoms with van der Waals surface area (Å²) >= 11 is 0. The van der Waals surface area contributed by atoms with Crippen LogP contribution in [0.3, 0.4) is 0 Å². The highest BCUT2D eigenvalue weighted by atomic mass is 16.5. The van der Waals surface area contributed by atoms with Crippen LogP contribution >= 0.6 is 0 Å². The smallest absolute Gasteiger partial charge is 0.321 e. The van der Waals surface area contributed by atoms with Crippen LogP contribution in [0.4, 0.5) is 0 Å². The molecule has 0 bridgehead atoms. The summed E-state index contributed by atoms with van der Waals surface area (Å²) in [6.07, 6.45) is -0.119. The Balaban J connectivity index is 2.55. The van der Waals surface area contributed by atoms with Gasteiger partial charge in [0.2, 0.25) is 0 Å². The molecular formula is C9H15NO5. The monoisotopic (exact) mass is 217 g/mol. The van der Waals surface area contributed by atoms with Crippen LogP contribution in [0.2, 0.25) is 0 Å². The molecule has 6 heteroatoms. The summed E-state index contributed by atoms with van der Waals surface area (Å²) < 4.78 is 9.57. The van der Waals surface area contributed by atoms with E-state index in [0.717, 1.165) is 0 Å². The molecule has 86 valence electrons. The minimum absolute atomic E-state index is 0.119. The van der Waals surface area contributed by atoms with E-state index < -0.39 is 18.0 Å². The molecule has 0 radical (unpaired) electrons. The van der Waals surface area contributed by atoms with Crippen LogP contribution in [0.1, 0.15) is 6.42 Å². The summed E-state index contributed by atoms with van der Waals surface area (Å²) in [6, 6.07) is -0.804. The molecule has 1 fully saturated rings. The first-order valence-electron chi connectivity index (χ1n) is 4.76. The first-order chi connectivity index (χ1) is 7.15. The standard InChI is InChI=1S/C9H15NO5/c1-14-8(11)6-7(9(12)13)10-2-4-15-5-3-10/h7H,2-6H2,1H3,(H,12,13). The van der Waals surface area contributed by atoms with E-state index in [2.05, 4.69) is 4.74 Å². The highest BCUT2D eigenvalue weighted by Crippen LogP contribution is 2.08. The number of aliphatic carboxylic acids is 1. The molecule has 1 rings (SSSR count). The number of hydrogen-bond acceptors (Lipinski definition) is 5. The van der Waals surface area contributed by atoms with E-state index in [1.54, 1.807) is 4.90 Å². The Kier molecular flexibility index (Phi) is 4.51. The Morgan fingerprint density at radius 2 is 2.07 bits per heavy atom. The Bertz CT molecular complexity index is 237. The number of morpholine rings is 1. The SMILES string of the molecule is COC(=O)CC(C(=O)O)N1CCOCC1. The first-order valence-corrected chi connectivity index (χ1v) is 4.76. The summed E-state index contributed by atoms with van der Waals surface area (Å²) in [5.41, 5.74) is 0. The van der Waals surface area contributed by atoms with Crippen LogP contribution in [0.5, 0.6) is 0 Å². The molecule has 1 N–H and O–H groups in total. The molecule has 1 heterocycles. The lowest BCUT2D eigenvalue weighted by Crippen LogP contribution is -2.48. The lowest BCUT2D eigenvalue weighted by atomic mass is 10.1. The lowest BCUT2D eigenvalue weighted by Gasteiger charge is -2.31. The average Bonchev–Trinajstić information content (AvgIpc) is 2.26. The largest absolute Gasteiger partial charge is 0.480 e. The third kappa shape index (κ3) is 3.49. The second-order valence-corrected chi connectivity index (χ2v) is 3.28. The molecule has 1 unspecified atom stereocenters. The average molecular weight is 217 g/mol. The van der Waals surface area contributed by atoms with Gasteiger partial charge in [-0.05, 0) is 0 Å². The third-order valence-corrected chi connectivity index (χ3v) is 2.36. The number of carboxylic acids is 1. The highest BCUT2D eigenvalue weighted by Gasteiger charge is 2.29. The van der Waals surface area contributed by atoms with Gasteiger partial charge in [0.05, 0.1) is 26.7 Å². The minimum atomic E-state index is -0.998. The zero-order valence-corrected chi connectivity index (χ0v) is 8.64. The number of hydrogen-bond donors (Lipinski definition) is 1. The molecule has 0 aliphatic carbocycles. The van der Waals surface area contributed by atoms with Crippen molar-refractivity contribution in [3.63, 3.8) is 0 Å². The number of carbonyl (C=O) groups excluding carboxylic acids is 1. The second-order valence-electron chi connectivity index (χ2n) is 3.28.